The van der Waals surface area contributed by atoms with E-state index in [1.54, 1.807) is 0 Å². The summed E-state index contributed by atoms with van der Waals surface area (Å²) in [5.74, 6) is 1.60. The number of thioether (sulfide) groups is 1. The van der Waals surface area contributed by atoms with Gasteiger partial charge in [-0.15, -0.1) is 0 Å². The van der Waals surface area contributed by atoms with E-state index in [4.69, 9.17) is 9.47 Å². The van der Waals surface area contributed by atoms with Gasteiger partial charge in [-0.3, -0.25) is 0 Å². The van der Waals surface area contributed by atoms with Crippen LogP contribution in [0.15, 0.2) is 91.0 Å². The van der Waals surface area contributed by atoms with E-state index in [-0.39, 0.29) is 0 Å². The number of rotatable bonds is 9. The summed E-state index contributed by atoms with van der Waals surface area (Å²) >= 11 is 4.93. The van der Waals surface area contributed by atoms with Crippen LogP contribution in [0.5, 0.6) is 0 Å². The van der Waals surface area contributed by atoms with E-state index in [9.17, 15) is 0 Å². The van der Waals surface area contributed by atoms with E-state index < -0.39 is 10.0 Å². The molecule has 0 bridgehead atoms. The molecule has 0 aliphatic carbocycles. The van der Waals surface area contributed by atoms with Crippen LogP contribution in [0.25, 0.3) is 0 Å². The van der Waals surface area contributed by atoms with Gasteiger partial charge in [-0.05, 0) is 0 Å². The van der Waals surface area contributed by atoms with Gasteiger partial charge < -0.3 is 0 Å². The number of ether oxygens (including phenoxy) is 2. The van der Waals surface area contributed by atoms with Gasteiger partial charge in [-0.2, -0.15) is 0 Å². The SMILES string of the molecule is CCSCC(CC1(C)OCCO1)P(I)(c1ccccc1)(c1ccccc1)c1ccccc1. The molecule has 170 valence electrons. The van der Waals surface area contributed by atoms with Crippen LogP contribution in [0.2, 0.25) is 0 Å². The molecular weight excluding hydrogens is 546 g/mol. The summed E-state index contributed by atoms with van der Waals surface area (Å²) in [7, 11) is 0. The Balaban J connectivity index is 2.04. The van der Waals surface area contributed by atoms with E-state index in [1.165, 1.54) is 15.9 Å². The maximum atomic E-state index is 6.18. The molecule has 0 spiro atoms. The molecule has 3 aromatic carbocycles. The van der Waals surface area contributed by atoms with Crippen LogP contribution < -0.4 is 15.9 Å². The summed E-state index contributed by atoms with van der Waals surface area (Å²) in [6.45, 7) is 5.72. The Labute approximate surface area is 209 Å². The molecule has 1 atom stereocenters. The molecule has 1 unspecified atom stereocenters. The van der Waals surface area contributed by atoms with Crippen molar-refractivity contribution in [1.29, 1.82) is 0 Å². The Morgan fingerprint density at radius 2 is 1.22 bits per heavy atom. The first-order chi connectivity index (χ1) is 15.5. The average Bonchev–Trinajstić information content (AvgIpc) is 3.29. The van der Waals surface area contributed by atoms with Crippen molar-refractivity contribution in [3.63, 3.8) is 0 Å². The Morgan fingerprint density at radius 3 is 1.59 bits per heavy atom. The normalized spacial score (nSPS) is 18.0. The van der Waals surface area contributed by atoms with Crippen LogP contribution in [0.4, 0.5) is 0 Å². The molecular formula is C27H32IO2PS. The van der Waals surface area contributed by atoms with Gasteiger partial charge in [-0.25, -0.2) is 0 Å². The minimum absolute atomic E-state index is 0.349. The topological polar surface area (TPSA) is 18.5 Å². The van der Waals surface area contributed by atoms with Gasteiger partial charge in [0.1, 0.15) is 0 Å². The van der Waals surface area contributed by atoms with Gasteiger partial charge in [0.15, 0.2) is 0 Å². The molecule has 1 fully saturated rings. The average molecular weight is 578 g/mol. The third-order valence-corrected chi connectivity index (χ3v) is 20.8. The molecule has 2 nitrogen and oxygen atoms in total. The third kappa shape index (κ3) is 4.30. The fraction of sp³-hybridized carbons (Fsp3) is 0.333. The van der Waals surface area contributed by atoms with Gasteiger partial charge in [0.25, 0.3) is 0 Å². The summed E-state index contributed by atoms with van der Waals surface area (Å²) in [5, 5.41) is 4.25. The molecule has 0 amide bonds. The fourth-order valence-electron chi connectivity index (χ4n) is 4.96. The van der Waals surface area contributed by atoms with Crippen LogP contribution in [-0.4, -0.2) is 36.2 Å². The van der Waals surface area contributed by atoms with Crippen LogP contribution in [0.3, 0.4) is 0 Å². The Bertz CT molecular complexity index is 895. The standard InChI is InChI=1S/C27H32IO2PS/c1-3-32-22-26(21-27(2)29-19-20-30-27)31(28,23-13-7-4-8-14-23,24-15-9-5-10-16-24)25-17-11-6-12-18-25/h4-18,26H,3,19-22H2,1-2H3. The second-order valence-corrected chi connectivity index (χ2v) is 20.2. The third-order valence-electron chi connectivity index (χ3n) is 6.49. The molecule has 5 heteroatoms. The van der Waals surface area contributed by atoms with Gasteiger partial charge in [0.05, 0.1) is 0 Å². The Hall–Kier alpha value is -0.910. The molecule has 1 aliphatic heterocycles. The minimum atomic E-state index is -2.94. The molecule has 4 rings (SSSR count). The Kier molecular flexibility index (Phi) is 7.68. The molecule has 1 heterocycles. The van der Waals surface area contributed by atoms with Crippen molar-refractivity contribution in [1.82, 2.24) is 0 Å². The number of benzene rings is 3. The molecule has 0 saturated carbocycles. The summed E-state index contributed by atoms with van der Waals surface area (Å²) < 4.78 is 9.43. The van der Waals surface area contributed by atoms with E-state index in [2.05, 4.69) is 127 Å². The number of hydrogen-bond acceptors (Lipinski definition) is 3. The first kappa shape index (κ1) is 24.2. The molecule has 0 N–H and O–H groups in total. The number of halogens is 1. The predicted molar refractivity (Wildman–Crippen MR) is 151 cm³/mol. The second-order valence-electron chi connectivity index (χ2n) is 8.43. The Morgan fingerprint density at radius 1 is 0.812 bits per heavy atom. The van der Waals surface area contributed by atoms with E-state index >= 15 is 0 Å². The van der Waals surface area contributed by atoms with Crippen molar-refractivity contribution in [2.45, 2.75) is 31.7 Å². The van der Waals surface area contributed by atoms with E-state index in [0.717, 1.165) is 17.9 Å². The molecule has 0 radical (unpaired) electrons. The first-order valence-electron chi connectivity index (χ1n) is 11.3. The van der Waals surface area contributed by atoms with E-state index in [0.29, 0.717) is 18.9 Å². The molecule has 32 heavy (non-hydrogen) atoms. The molecule has 3 aromatic rings. The van der Waals surface area contributed by atoms with Crippen molar-refractivity contribution < 1.29 is 9.47 Å². The van der Waals surface area contributed by atoms with Crippen molar-refractivity contribution >= 4 is 54.0 Å². The molecule has 1 aliphatic rings. The maximum absolute atomic E-state index is 6.18. The van der Waals surface area contributed by atoms with Gasteiger partial charge in [-0.1, -0.05) is 0 Å². The zero-order chi connectivity index (χ0) is 22.5. The molecule has 1 saturated heterocycles. The fourth-order valence-corrected chi connectivity index (χ4v) is 17.1. The van der Waals surface area contributed by atoms with Crippen LogP contribution in [0.1, 0.15) is 20.3 Å². The van der Waals surface area contributed by atoms with Crippen molar-refractivity contribution in [3.05, 3.63) is 91.0 Å². The first-order valence-corrected chi connectivity index (χ1v) is 17.5. The zero-order valence-electron chi connectivity index (χ0n) is 18.8. The monoisotopic (exact) mass is 578 g/mol. The summed E-state index contributed by atoms with van der Waals surface area (Å²) in [4.78, 5) is 0. The van der Waals surface area contributed by atoms with Gasteiger partial charge in [0.2, 0.25) is 0 Å². The number of hydrogen-bond donors (Lipinski definition) is 0. The molecule has 0 aromatic heterocycles. The van der Waals surface area contributed by atoms with Crippen molar-refractivity contribution in [3.8, 4) is 0 Å². The van der Waals surface area contributed by atoms with Crippen LogP contribution >= 0.6 is 38.0 Å². The van der Waals surface area contributed by atoms with Gasteiger partial charge >= 0.3 is 211 Å². The summed E-state index contributed by atoms with van der Waals surface area (Å²) in [5.41, 5.74) is 0.349. The van der Waals surface area contributed by atoms with Gasteiger partial charge in [0, 0.05) is 0 Å². The predicted octanol–water partition coefficient (Wildman–Crippen LogP) is 6.14. The van der Waals surface area contributed by atoms with Crippen molar-refractivity contribution in [2.75, 3.05) is 24.7 Å². The zero-order valence-corrected chi connectivity index (χ0v) is 22.7. The van der Waals surface area contributed by atoms with Crippen LogP contribution in [0, 0.1) is 0 Å². The summed E-state index contributed by atoms with van der Waals surface area (Å²) in [6.07, 6.45) is 0.861. The quantitative estimate of drug-likeness (QED) is 0.225. The van der Waals surface area contributed by atoms with Crippen molar-refractivity contribution in [2.24, 2.45) is 0 Å². The second kappa shape index (κ2) is 10.1. The van der Waals surface area contributed by atoms with Crippen LogP contribution in [-0.2, 0) is 9.47 Å². The van der Waals surface area contributed by atoms with E-state index in [1.807, 2.05) is 11.8 Å². The summed E-state index contributed by atoms with van der Waals surface area (Å²) in [6, 6.07) is 33.5.